The summed E-state index contributed by atoms with van der Waals surface area (Å²) in [5, 5.41) is 14.6. The van der Waals surface area contributed by atoms with E-state index in [1.165, 1.54) is 22.0 Å². The van der Waals surface area contributed by atoms with Crippen LogP contribution in [0.25, 0.3) is 10.9 Å². The molecule has 1 aromatic heterocycles. The Hall–Kier alpha value is -1.32. The van der Waals surface area contributed by atoms with Gasteiger partial charge in [-0.05, 0) is 31.0 Å². The van der Waals surface area contributed by atoms with E-state index in [4.69, 9.17) is 0 Å². The van der Waals surface area contributed by atoms with Crippen LogP contribution in [0.2, 0.25) is 0 Å². The largest absolute Gasteiger partial charge is 0.391 e. The van der Waals surface area contributed by atoms with Gasteiger partial charge in [0.05, 0.1) is 6.10 Å². The number of fused-ring (bicyclic) bond motifs is 1. The molecule has 1 aromatic carbocycles. The number of benzene rings is 1. The van der Waals surface area contributed by atoms with Gasteiger partial charge in [0.1, 0.15) is 0 Å². The summed E-state index contributed by atoms with van der Waals surface area (Å²) in [5.41, 5.74) is 3.73. The fraction of sp³-hybridized carbons (Fsp3) is 0.429. The Morgan fingerprint density at radius 3 is 3.06 bits per heavy atom. The minimum absolute atomic E-state index is 0.256. The maximum Gasteiger partial charge on any atom is 0.0734 e. The normalized spacial score (nSPS) is 25.3. The van der Waals surface area contributed by atoms with E-state index >= 15 is 0 Å². The van der Waals surface area contributed by atoms with Crippen molar-refractivity contribution in [1.29, 1.82) is 0 Å². The van der Waals surface area contributed by atoms with Crippen LogP contribution in [0.3, 0.4) is 0 Å². The molecule has 3 N–H and O–H groups in total. The Balaban J connectivity index is 2.08. The average molecular weight is 230 g/mol. The fourth-order valence-corrected chi connectivity index (χ4v) is 2.84. The van der Waals surface area contributed by atoms with Crippen molar-refractivity contribution in [3.05, 3.63) is 35.5 Å². The van der Waals surface area contributed by atoms with Crippen LogP contribution in [-0.4, -0.2) is 29.3 Å². The van der Waals surface area contributed by atoms with Crippen LogP contribution in [0, 0.1) is 6.92 Å². The van der Waals surface area contributed by atoms with Gasteiger partial charge >= 0.3 is 0 Å². The van der Waals surface area contributed by atoms with Crippen molar-refractivity contribution >= 4 is 10.9 Å². The summed E-state index contributed by atoms with van der Waals surface area (Å²) in [6.45, 7) is 3.80. The second-order valence-electron chi connectivity index (χ2n) is 4.91. The maximum atomic E-state index is 10.1. The zero-order valence-electron chi connectivity index (χ0n) is 10.0. The lowest BCUT2D eigenvalue weighted by Gasteiger charge is -2.28. The molecule has 2 heterocycles. The van der Waals surface area contributed by atoms with Crippen molar-refractivity contribution in [2.24, 2.45) is 0 Å². The molecule has 0 amide bonds. The lowest BCUT2D eigenvalue weighted by molar-refractivity contribution is 0.119. The number of para-hydroxylation sites is 1. The summed E-state index contributed by atoms with van der Waals surface area (Å²) >= 11 is 0. The number of piperidine rings is 1. The van der Waals surface area contributed by atoms with Crippen LogP contribution < -0.4 is 5.32 Å². The monoisotopic (exact) mass is 230 g/mol. The molecule has 0 radical (unpaired) electrons. The highest BCUT2D eigenvalue weighted by molar-refractivity contribution is 5.86. The first kappa shape index (κ1) is 10.8. The predicted octanol–water partition coefficient (Wildman–Crippen LogP) is 1.91. The van der Waals surface area contributed by atoms with Crippen molar-refractivity contribution in [2.45, 2.75) is 25.4 Å². The number of aryl methyl sites for hydroxylation is 1. The van der Waals surface area contributed by atoms with E-state index in [0.717, 1.165) is 13.0 Å². The molecule has 17 heavy (non-hydrogen) atoms. The maximum absolute atomic E-state index is 10.1. The quantitative estimate of drug-likeness (QED) is 0.701. The lowest BCUT2D eigenvalue weighted by atomic mass is 9.87. The van der Waals surface area contributed by atoms with Gasteiger partial charge in [-0.2, -0.15) is 0 Å². The van der Waals surface area contributed by atoms with E-state index in [-0.39, 0.29) is 12.0 Å². The van der Waals surface area contributed by atoms with Crippen molar-refractivity contribution < 1.29 is 5.11 Å². The summed E-state index contributed by atoms with van der Waals surface area (Å²) in [4.78, 5) is 3.34. The van der Waals surface area contributed by atoms with Crippen molar-refractivity contribution in [1.82, 2.24) is 10.3 Å². The first-order valence-electron chi connectivity index (χ1n) is 6.23. The molecule has 0 saturated carbocycles. The van der Waals surface area contributed by atoms with Gasteiger partial charge in [-0.15, -0.1) is 0 Å². The van der Waals surface area contributed by atoms with Crippen LogP contribution in [0.1, 0.15) is 23.5 Å². The molecular weight excluding hydrogens is 212 g/mol. The van der Waals surface area contributed by atoms with Gasteiger partial charge in [0.15, 0.2) is 0 Å². The Kier molecular flexibility index (Phi) is 2.65. The highest BCUT2D eigenvalue weighted by atomic mass is 16.3. The average Bonchev–Trinajstić information content (AvgIpc) is 2.75. The molecule has 2 aromatic rings. The third kappa shape index (κ3) is 1.75. The molecular formula is C14H18N2O. The van der Waals surface area contributed by atoms with E-state index < -0.39 is 0 Å². The molecule has 1 aliphatic rings. The molecule has 1 saturated heterocycles. The number of hydrogen-bond acceptors (Lipinski definition) is 2. The third-order valence-corrected chi connectivity index (χ3v) is 3.81. The Labute approximate surface area is 101 Å². The molecule has 90 valence electrons. The zero-order valence-corrected chi connectivity index (χ0v) is 10.0. The van der Waals surface area contributed by atoms with Gasteiger partial charge in [-0.25, -0.2) is 0 Å². The molecule has 2 atom stereocenters. The van der Waals surface area contributed by atoms with E-state index in [2.05, 4.69) is 41.6 Å². The van der Waals surface area contributed by atoms with Crippen molar-refractivity contribution in [3.8, 4) is 0 Å². The van der Waals surface area contributed by atoms with Gasteiger partial charge < -0.3 is 15.4 Å². The molecule has 1 fully saturated rings. The second-order valence-corrected chi connectivity index (χ2v) is 4.91. The Morgan fingerprint density at radius 2 is 2.24 bits per heavy atom. The fourth-order valence-electron chi connectivity index (χ4n) is 2.84. The number of aromatic nitrogens is 1. The number of β-amino-alcohol motifs (C(OH)–C–C–N with tert-alkyl or cyclic N) is 1. The Bertz CT molecular complexity index is 532. The SMILES string of the molecule is Cc1cccc2c([C@@H]3CCNC[C@H]3O)c[nH]c12. The zero-order chi connectivity index (χ0) is 11.8. The number of H-pyrrole nitrogens is 1. The topological polar surface area (TPSA) is 48.0 Å². The molecule has 0 aliphatic carbocycles. The molecule has 3 nitrogen and oxygen atoms in total. The minimum atomic E-state index is -0.275. The first-order chi connectivity index (χ1) is 8.27. The molecule has 3 heteroatoms. The molecule has 0 unspecified atom stereocenters. The number of nitrogens with one attached hydrogen (secondary N) is 2. The van der Waals surface area contributed by atoms with Gasteiger partial charge in [-0.1, -0.05) is 18.2 Å². The second kappa shape index (κ2) is 4.17. The van der Waals surface area contributed by atoms with Crippen LogP contribution in [0.15, 0.2) is 24.4 Å². The third-order valence-electron chi connectivity index (χ3n) is 3.81. The minimum Gasteiger partial charge on any atom is -0.391 e. The molecule has 0 spiro atoms. The molecule has 3 rings (SSSR count). The number of aliphatic hydroxyl groups is 1. The van der Waals surface area contributed by atoms with Gasteiger partial charge in [0.25, 0.3) is 0 Å². The summed E-state index contributed by atoms with van der Waals surface area (Å²) in [6, 6.07) is 6.34. The predicted molar refractivity (Wildman–Crippen MR) is 69.3 cm³/mol. The number of aromatic amines is 1. The van der Waals surface area contributed by atoms with Gasteiger partial charge in [0, 0.05) is 29.6 Å². The van der Waals surface area contributed by atoms with E-state index in [1.807, 2.05) is 0 Å². The highest BCUT2D eigenvalue weighted by Crippen LogP contribution is 2.32. The standard InChI is InChI=1S/C14H18N2O/c1-9-3-2-4-11-12(7-16-14(9)11)10-5-6-15-8-13(10)17/h2-4,7,10,13,15-17H,5-6,8H2,1H3/t10-,13+/m0/s1. The number of aliphatic hydroxyl groups excluding tert-OH is 1. The Morgan fingerprint density at radius 1 is 1.35 bits per heavy atom. The lowest BCUT2D eigenvalue weighted by Crippen LogP contribution is -2.39. The van der Waals surface area contributed by atoms with E-state index in [1.54, 1.807) is 0 Å². The number of rotatable bonds is 1. The van der Waals surface area contributed by atoms with E-state index in [9.17, 15) is 5.11 Å². The van der Waals surface area contributed by atoms with Gasteiger partial charge in [0.2, 0.25) is 0 Å². The summed E-state index contributed by atoms with van der Waals surface area (Å²) in [6.07, 6.45) is 2.79. The van der Waals surface area contributed by atoms with Gasteiger partial charge in [-0.3, -0.25) is 0 Å². The summed E-state index contributed by atoms with van der Waals surface area (Å²) in [7, 11) is 0. The van der Waals surface area contributed by atoms with Crippen LogP contribution >= 0.6 is 0 Å². The highest BCUT2D eigenvalue weighted by Gasteiger charge is 2.26. The van der Waals surface area contributed by atoms with E-state index in [0.29, 0.717) is 6.54 Å². The molecule has 0 bridgehead atoms. The van der Waals surface area contributed by atoms with Crippen LogP contribution in [0.5, 0.6) is 0 Å². The number of hydrogen-bond donors (Lipinski definition) is 3. The van der Waals surface area contributed by atoms with Crippen molar-refractivity contribution in [3.63, 3.8) is 0 Å². The summed E-state index contributed by atoms with van der Waals surface area (Å²) in [5.74, 6) is 0.256. The van der Waals surface area contributed by atoms with Crippen LogP contribution in [0.4, 0.5) is 0 Å². The molecule has 1 aliphatic heterocycles. The van der Waals surface area contributed by atoms with Crippen molar-refractivity contribution in [2.75, 3.05) is 13.1 Å². The van der Waals surface area contributed by atoms with Crippen LogP contribution in [-0.2, 0) is 0 Å². The first-order valence-corrected chi connectivity index (χ1v) is 6.23. The smallest absolute Gasteiger partial charge is 0.0734 e. The summed E-state index contributed by atoms with van der Waals surface area (Å²) < 4.78 is 0.